The molecule has 2 fully saturated rings. The summed E-state index contributed by atoms with van der Waals surface area (Å²) >= 11 is 0. The van der Waals surface area contributed by atoms with Crippen LogP contribution < -0.4 is 15.8 Å². The van der Waals surface area contributed by atoms with Gasteiger partial charge in [-0.1, -0.05) is 0 Å². The number of hydrogen-bond acceptors (Lipinski definition) is 6. The third-order valence-corrected chi connectivity index (χ3v) is 5.01. The van der Waals surface area contributed by atoms with Crippen LogP contribution in [0.3, 0.4) is 0 Å². The first-order valence-electron chi connectivity index (χ1n) is 8.34. The van der Waals surface area contributed by atoms with Crippen molar-refractivity contribution in [1.82, 2.24) is 10.2 Å². The van der Waals surface area contributed by atoms with E-state index in [2.05, 4.69) is 5.32 Å². The highest BCUT2D eigenvalue weighted by atomic mass is 16.5. The molecule has 8 heteroatoms. The molecule has 1 saturated carbocycles. The number of ether oxygens (including phenoxy) is 1. The van der Waals surface area contributed by atoms with Crippen molar-refractivity contribution in [2.24, 2.45) is 5.73 Å². The van der Waals surface area contributed by atoms with Crippen molar-refractivity contribution < 1.29 is 24.2 Å². The lowest BCUT2D eigenvalue weighted by Crippen LogP contribution is -2.53. The van der Waals surface area contributed by atoms with Crippen molar-refractivity contribution in [2.75, 3.05) is 0 Å². The van der Waals surface area contributed by atoms with E-state index in [9.17, 15) is 19.5 Å². The van der Waals surface area contributed by atoms with Gasteiger partial charge in [0, 0.05) is 23.6 Å². The van der Waals surface area contributed by atoms with Crippen LogP contribution in [0.1, 0.15) is 47.8 Å². The Morgan fingerprint density at radius 1 is 1.24 bits per heavy atom. The largest absolute Gasteiger partial charge is 0.490 e. The van der Waals surface area contributed by atoms with Gasteiger partial charge in [0.15, 0.2) is 6.23 Å². The smallest absolute Gasteiger partial charge is 0.257 e. The van der Waals surface area contributed by atoms with Gasteiger partial charge in [0.05, 0.1) is 0 Å². The number of amides is 3. The molecule has 0 spiro atoms. The number of imide groups is 1. The standard InChI is InChI=1S/C17H19N3O5/c18-8-5-10(6-8)25-9-1-2-11-12(7-9)17(24)20(16(11)23)13-3-4-14(21)19-15(13)22/h1-2,7-8,10,13,17,24H,3-6,18H2,(H,19,21,22)/t8-,10-,13?,17?. The fourth-order valence-corrected chi connectivity index (χ4v) is 3.58. The average Bonchev–Trinajstić information content (AvgIpc) is 2.78. The molecule has 3 aliphatic rings. The number of nitrogens with one attached hydrogen (secondary N) is 1. The molecule has 0 bridgehead atoms. The number of hydrogen-bond donors (Lipinski definition) is 3. The number of nitrogens with zero attached hydrogens (tertiary/aromatic N) is 1. The minimum Gasteiger partial charge on any atom is -0.490 e. The summed E-state index contributed by atoms with van der Waals surface area (Å²) in [5.74, 6) is -0.785. The minimum atomic E-state index is -1.24. The number of fused-ring (bicyclic) bond motifs is 1. The number of benzene rings is 1. The Balaban J connectivity index is 1.55. The Kier molecular flexibility index (Phi) is 3.73. The van der Waals surface area contributed by atoms with Crippen LogP contribution >= 0.6 is 0 Å². The lowest BCUT2D eigenvalue weighted by Gasteiger charge is -2.33. The SMILES string of the molecule is N[C@H]1C[C@H](Oc2ccc3c(c2)C(O)N(C2CCC(=O)NC2=O)C3=O)C1. The molecule has 25 heavy (non-hydrogen) atoms. The highest BCUT2D eigenvalue weighted by Crippen LogP contribution is 2.37. The molecule has 2 atom stereocenters. The van der Waals surface area contributed by atoms with Gasteiger partial charge in [0.25, 0.3) is 5.91 Å². The number of carbonyl (C=O) groups excluding carboxylic acids is 3. The summed E-state index contributed by atoms with van der Waals surface area (Å²) in [5.41, 5.74) is 6.50. The lowest BCUT2D eigenvalue weighted by atomic mass is 9.90. The number of aliphatic hydroxyl groups is 1. The Morgan fingerprint density at radius 3 is 2.68 bits per heavy atom. The summed E-state index contributed by atoms with van der Waals surface area (Å²) in [4.78, 5) is 37.1. The molecule has 1 aromatic rings. The minimum absolute atomic E-state index is 0.0496. The van der Waals surface area contributed by atoms with E-state index in [1.54, 1.807) is 18.2 Å². The number of aliphatic hydroxyl groups excluding tert-OH is 1. The van der Waals surface area contributed by atoms with Crippen LogP contribution in [0.15, 0.2) is 18.2 Å². The van der Waals surface area contributed by atoms with Gasteiger partial charge < -0.3 is 15.6 Å². The number of nitrogens with two attached hydrogens (primary N) is 1. The Morgan fingerprint density at radius 2 is 2.00 bits per heavy atom. The van der Waals surface area contributed by atoms with Gasteiger partial charge in [0.1, 0.15) is 17.9 Å². The first kappa shape index (κ1) is 16.0. The van der Waals surface area contributed by atoms with Crippen molar-refractivity contribution in [3.63, 3.8) is 0 Å². The van der Waals surface area contributed by atoms with Crippen molar-refractivity contribution in [3.05, 3.63) is 29.3 Å². The molecule has 4 rings (SSSR count). The molecule has 2 unspecified atom stereocenters. The highest BCUT2D eigenvalue weighted by Gasteiger charge is 2.44. The summed E-state index contributed by atoms with van der Waals surface area (Å²) in [5, 5.41) is 12.8. The second-order valence-corrected chi connectivity index (χ2v) is 6.77. The van der Waals surface area contributed by atoms with E-state index in [0.717, 1.165) is 17.7 Å². The van der Waals surface area contributed by atoms with Crippen molar-refractivity contribution >= 4 is 17.7 Å². The zero-order valence-corrected chi connectivity index (χ0v) is 13.5. The van der Waals surface area contributed by atoms with Gasteiger partial charge >= 0.3 is 0 Å². The molecule has 1 aromatic carbocycles. The monoisotopic (exact) mass is 345 g/mol. The molecular formula is C17H19N3O5. The zero-order chi connectivity index (χ0) is 17.7. The van der Waals surface area contributed by atoms with Crippen LogP contribution in [-0.4, -0.2) is 45.9 Å². The van der Waals surface area contributed by atoms with Crippen LogP contribution in [0.5, 0.6) is 5.75 Å². The lowest BCUT2D eigenvalue weighted by molar-refractivity contribution is -0.139. The van der Waals surface area contributed by atoms with Crippen molar-refractivity contribution in [1.29, 1.82) is 0 Å². The third-order valence-electron chi connectivity index (χ3n) is 5.01. The van der Waals surface area contributed by atoms with Crippen LogP contribution in [0, 0.1) is 0 Å². The highest BCUT2D eigenvalue weighted by molar-refractivity contribution is 6.05. The van der Waals surface area contributed by atoms with E-state index < -0.39 is 24.1 Å². The molecule has 2 heterocycles. The fraction of sp³-hybridized carbons (Fsp3) is 0.471. The zero-order valence-electron chi connectivity index (χ0n) is 13.5. The molecule has 8 nitrogen and oxygen atoms in total. The van der Waals surface area contributed by atoms with Gasteiger partial charge in [-0.2, -0.15) is 0 Å². The van der Waals surface area contributed by atoms with Gasteiger partial charge in [-0.05, 0) is 37.5 Å². The Hall–Kier alpha value is -2.45. The van der Waals surface area contributed by atoms with Crippen LogP contribution in [0.4, 0.5) is 0 Å². The van der Waals surface area contributed by atoms with Gasteiger partial charge in [0.2, 0.25) is 11.8 Å². The second-order valence-electron chi connectivity index (χ2n) is 6.77. The van der Waals surface area contributed by atoms with Gasteiger partial charge in [-0.15, -0.1) is 0 Å². The summed E-state index contributed by atoms with van der Waals surface area (Å²) < 4.78 is 5.80. The van der Waals surface area contributed by atoms with Crippen LogP contribution in [0.25, 0.3) is 0 Å². The third kappa shape index (κ3) is 2.67. The summed E-state index contributed by atoms with van der Waals surface area (Å²) in [6, 6.07) is 4.21. The molecule has 3 amide bonds. The maximum Gasteiger partial charge on any atom is 0.257 e. The van der Waals surface area contributed by atoms with E-state index in [-0.39, 0.29) is 30.9 Å². The van der Waals surface area contributed by atoms with Crippen LogP contribution in [-0.2, 0) is 9.59 Å². The second kappa shape index (κ2) is 5.82. The Bertz CT molecular complexity index is 759. The molecule has 1 aliphatic carbocycles. The fourth-order valence-electron chi connectivity index (χ4n) is 3.58. The first-order valence-corrected chi connectivity index (χ1v) is 8.34. The summed E-state index contributed by atoms with van der Waals surface area (Å²) in [6.07, 6.45) is 0.707. The van der Waals surface area contributed by atoms with E-state index in [1.165, 1.54) is 0 Å². The van der Waals surface area contributed by atoms with E-state index in [1.807, 2.05) is 0 Å². The Labute approximate surface area is 143 Å². The van der Waals surface area contributed by atoms with Gasteiger partial charge in [-0.25, -0.2) is 0 Å². The van der Waals surface area contributed by atoms with E-state index in [0.29, 0.717) is 16.9 Å². The molecule has 0 radical (unpaired) electrons. The average molecular weight is 345 g/mol. The van der Waals surface area contributed by atoms with Crippen molar-refractivity contribution in [2.45, 2.75) is 50.1 Å². The van der Waals surface area contributed by atoms with Gasteiger partial charge in [-0.3, -0.25) is 24.6 Å². The molecular weight excluding hydrogens is 326 g/mol. The summed E-state index contributed by atoms with van der Waals surface area (Å²) in [7, 11) is 0. The normalized spacial score (nSPS) is 31.4. The quantitative estimate of drug-likeness (QED) is 0.653. The molecule has 4 N–H and O–H groups in total. The molecule has 132 valence electrons. The maximum atomic E-state index is 12.6. The molecule has 0 aromatic heterocycles. The van der Waals surface area contributed by atoms with Crippen molar-refractivity contribution in [3.8, 4) is 5.75 Å². The number of piperidine rings is 1. The number of rotatable bonds is 3. The van der Waals surface area contributed by atoms with E-state index >= 15 is 0 Å². The maximum absolute atomic E-state index is 12.6. The predicted molar refractivity (Wildman–Crippen MR) is 85.4 cm³/mol. The number of carbonyl (C=O) groups is 3. The molecule has 1 saturated heterocycles. The molecule has 2 aliphatic heterocycles. The summed E-state index contributed by atoms with van der Waals surface area (Å²) in [6.45, 7) is 0. The first-order chi connectivity index (χ1) is 11.9. The van der Waals surface area contributed by atoms with E-state index in [4.69, 9.17) is 10.5 Å². The van der Waals surface area contributed by atoms with Crippen LogP contribution in [0.2, 0.25) is 0 Å². The predicted octanol–water partition coefficient (Wildman–Crippen LogP) is -0.193. The topological polar surface area (TPSA) is 122 Å².